The van der Waals surface area contributed by atoms with E-state index in [-0.39, 0.29) is 0 Å². The predicted molar refractivity (Wildman–Crippen MR) is 62.5 cm³/mol. The van der Waals surface area contributed by atoms with Crippen molar-refractivity contribution < 1.29 is 0 Å². The van der Waals surface area contributed by atoms with Crippen molar-refractivity contribution in [1.82, 2.24) is 5.32 Å². The molecule has 3 rings (SSSR count). The normalized spacial score (nSPS) is 25.5. The SMILES string of the molecule is C/C=C1/C=C2CCc3ccccc3C2N1. The molecular formula is C14H15N. The number of rotatable bonds is 0. The van der Waals surface area contributed by atoms with Crippen molar-refractivity contribution in [3.05, 3.63) is 58.8 Å². The van der Waals surface area contributed by atoms with Crippen LogP contribution in [0.1, 0.15) is 30.5 Å². The summed E-state index contributed by atoms with van der Waals surface area (Å²) in [5, 5.41) is 3.57. The Labute approximate surface area is 90.5 Å². The van der Waals surface area contributed by atoms with Gasteiger partial charge in [-0.1, -0.05) is 30.3 Å². The molecule has 1 N–H and O–H groups in total. The Morgan fingerprint density at radius 3 is 3.00 bits per heavy atom. The van der Waals surface area contributed by atoms with Gasteiger partial charge in [-0.15, -0.1) is 0 Å². The fourth-order valence-corrected chi connectivity index (χ4v) is 2.57. The molecule has 1 nitrogen and oxygen atoms in total. The molecule has 0 aromatic heterocycles. The molecule has 1 aliphatic heterocycles. The summed E-state index contributed by atoms with van der Waals surface area (Å²) < 4.78 is 0. The molecule has 0 spiro atoms. The third-order valence-electron chi connectivity index (χ3n) is 3.38. The number of benzene rings is 1. The molecule has 1 heterocycles. The number of fused-ring (bicyclic) bond motifs is 3. The van der Waals surface area contributed by atoms with Crippen LogP contribution in [-0.4, -0.2) is 0 Å². The van der Waals surface area contributed by atoms with Crippen molar-refractivity contribution in [2.75, 3.05) is 0 Å². The van der Waals surface area contributed by atoms with E-state index in [1.807, 2.05) is 0 Å². The summed E-state index contributed by atoms with van der Waals surface area (Å²) in [6.45, 7) is 2.09. The van der Waals surface area contributed by atoms with Gasteiger partial charge in [-0.05, 0) is 42.5 Å². The van der Waals surface area contributed by atoms with Crippen LogP contribution in [0.5, 0.6) is 0 Å². The van der Waals surface area contributed by atoms with Gasteiger partial charge in [0.25, 0.3) is 0 Å². The first-order chi connectivity index (χ1) is 7.38. The average Bonchev–Trinajstić information content (AvgIpc) is 2.72. The van der Waals surface area contributed by atoms with Crippen LogP contribution >= 0.6 is 0 Å². The first-order valence-electron chi connectivity index (χ1n) is 5.59. The van der Waals surface area contributed by atoms with Gasteiger partial charge in [-0.3, -0.25) is 0 Å². The molecule has 1 unspecified atom stereocenters. The number of hydrogen-bond acceptors (Lipinski definition) is 1. The lowest BCUT2D eigenvalue weighted by molar-refractivity contribution is 0.655. The lowest BCUT2D eigenvalue weighted by Crippen LogP contribution is -2.20. The van der Waals surface area contributed by atoms with Crippen molar-refractivity contribution in [3.8, 4) is 0 Å². The molecule has 0 saturated heterocycles. The number of allylic oxidation sites excluding steroid dienone is 2. The first-order valence-corrected chi connectivity index (χ1v) is 5.59. The van der Waals surface area contributed by atoms with Crippen molar-refractivity contribution in [3.63, 3.8) is 0 Å². The molecule has 1 aromatic carbocycles. The van der Waals surface area contributed by atoms with E-state index in [1.165, 1.54) is 29.7 Å². The maximum absolute atomic E-state index is 3.57. The molecule has 0 fully saturated rings. The molecule has 0 bridgehead atoms. The van der Waals surface area contributed by atoms with E-state index in [4.69, 9.17) is 0 Å². The first kappa shape index (κ1) is 8.78. The van der Waals surface area contributed by atoms with Gasteiger partial charge in [0.1, 0.15) is 0 Å². The number of aryl methyl sites for hydroxylation is 1. The monoisotopic (exact) mass is 197 g/mol. The van der Waals surface area contributed by atoms with Crippen molar-refractivity contribution >= 4 is 0 Å². The Hall–Kier alpha value is -1.50. The third-order valence-corrected chi connectivity index (χ3v) is 3.38. The maximum Gasteiger partial charge on any atom is 0.0733 e. The van der Waals surface area contributed by atoms with Crippen LogP contribution in [0.2, 0.25) is 0 Å². The van der Waals surface area contributed by atoms with E-state index in [0.717, 1.165) is 0 Å². The molecular weight excluding hydrogens is 182 g/mol. The Kier molecular flexibility index (Phi) is 1.91. The largest absolute Gasteiger partial charge is 0.375 e. The average molecular weight is 197 g/mol. The lowest BCUT2D eigenvalue weighted by atomic mass is 9.85. The van der Waals surface area contributed by atoms with Gasteiger partial charge in [-0.2, -0.15) is 0 Å². The minimum Gasteiger partial charge on any atom is -0.375 e. The Bertz CT molecular complexity index is 454. The molecule has 76 valence electrons. The summed E-state index contributed by atoms with van der Waals surface area (Å²) in [6, 6.07) is 9.22. The Morgan fingerprint density at radius 2 is 2.13 bits per heavy atom. The van der Waals surface area contributed by atoms with E-state index >= 15 is 0 Å². The minimum absolute atomic E-state index is 0.446. The van der Waals surface area contributed by atoms with E-state index < -0.39 is 0 Å². The molecule has 0 saturated carbocycles. The van der Waals surface area contributed by atoms with E-state index in [2.05, 4.69) is 48.7 Å². The zero-order chi connectivity index (χ0) is 10.3. The van der Waals surface area contributed by atoms with Gasteiger partial charge in [0, 0.05) is 5.70 Å². The van der Waals surface area contributed by atoms with Gasteiger partial charge in [0.15, 0.2) is 0 Å². The van der Waals surface area contributed by atoms with Gasteiger partial charge >= 0.3 is 0 Å². The van der Waals surface area contributed by atoms with Crippen LogP contribution in [0.15, 0.2) is 47.7 Å². The number of hydrogen-bond donors (Lipinski definition) is 1. The highest BCUT2D eigenvalue weighted by Crippen LogP contribution is 2.38. The van der Waals surface area contributed by atoms with Crippen molar-refractivity contribution in [2.45, 2.75) is 25.8 Å². The topological polar surface area (TPSA) is 12.0 Å². The molecule has 15 heavy (non-hydrogen) atoms. The van der Waals surface area contributed by atoms with Crippen LogP contribution in [0.25, 0.3) is 0 Å². The van der Waals surface area contributed by atoms with Gasteiger partial charge < -0.3 is 5.32 Å². The van der Waals surface area contributed by atoms with Gasteiger partial charge in [0.2, 0.25) is 0 Å². The van der Waals surface area contributed by atoms with Crippen LogP contribution < -0.4 is 5.32 Å². The smallest absolute Gasteiger partial charge is 0.0733 e. The predicted octanol–water partition coefficient (Wildman–Crippen LogP) is 3.11. The second kappa shape index (κ2) is 3.27. The van der Waals surface area contributed by atoms with Crippen molar-refractivity contribution in [1.29, 1.82) is 0 Å². The van der Waals surface area contributed by atoms with Gasteiger partial charge in [0.05, 0.1) is 6.04 Å². The maximum atomic E-state index is 3.57. The fourth-order valence-electron chi connectivity index (χ4n) is 2.57. The molecule has 0 radical (unpaired) electrons. The highest BCUT2D eigenvalue weighted by Gasteiger charge is 2.27. The summed E-state index contributed by atoms with van der Waals surface area (Å²) in [6.07, 6.45) is 6.84. The minimum atomic E-state index is 0.446. The van der Waals surface area contributed by atoms with E-state index in [1.54, 1.807) is 5.57 Å². The van der Waals surface area contributed by atoms with Crippen LogP contribution in [-0.2, 0) is 6.42 Å². The fraction of sp³-hybridized carbons (Fsp3) is 0.286. The lowest BCUT2D eigenvalue weighted by Gasteiger charge is -2.25. The van der Waals surface area contributed by atoms with E-state index in [0.29, 0.717) is 6.04 Å². The second-order valence-corrected chi connectivity index (χ2v) is 4.24. The zero-order valence-corrected chi connectivity index (χ0v) is 8.96. The Balaban J connectivity index is 2.07. The number of nitrogens with one attached hydrogen (secondary N) is 1. The summed E-state index contributed by atoms with van der Waals surface area (Å²) in [7, 11) is 0. The highest BCUT2D eigenvalue weighted by atomic mass is 15.0. The summed E-state index contributed by atoms with van der Waals surface area (Å²) in [5.74, 6) is 0. The molecule has 2 aliphatic rings. The molecule has 1 atom stereocenters. The summed E-state index contributed by atoms with van der Waals surface area (Å²) in [4.78, 5) is 0. The summed E-state index contributed by atoms with van der Waals surface area (Å²) in [5.41, 5.74) is 5.78. The van der Waals surface area contributed by atoms with Crippen LogP contribution in [0, 0.1) is 0 Å². The third kappa shape index (κ3) is 1.30. The quantitative estimate of drug-likeness (QED) is 0.674. The van der Waals surface area contributed by atoms with Crippen LogP contribution in [0.4, 0.5) is 0 Å². The summed E-state index contributed by atoms with van der Waals surface area (Å²) >= 11 is 0. The van der Waals surface area contributed by atoms with Gasteiger partial charge in [-0.25, -0.2) is 0 Å². The zero-order valence-electron chi connectivity index (χ0n) is 8.96. The molecule has 0 amide bonds. The molecule has 1 heteroatoms. The highest BCUT2D eigenvalue weighted by molar-refractivity contribution is 5.46. The second-order valence-electron chi connectivity index (χ2n) is 4.24. The molecule has 1 aromatic rings. The van der Waals surface area contributed by atoms with Crippen molar-refractivity contribution in [2.24, 2.45) is 0 Å². The van der Waals surface area contributed by atoms with Crippen LogP contribution in [0.3, 0.4) is 0 Å². The molecule has 1 aliphatic carbocycles. The Morgan fingerprint density at radius 1 is 1.27 bits per heavy atom. The van der Waals surface area contributed by atoms with E-state index in [9.17, 15) is 0 Å². The standard InChI is InChI=1S/C14H15N/c1-2-12-9-11-8-7-10-5-3-4-6-13(10)14(11)15-12/h2-6,9,14-15H,7-8H2,1H3/b12-2-.